The van der Waals surface area contributed by atoms with Crippen molar-refractivity contribution in [1.82, 2.24) is 14.9 Å². The van der Waals surface area contributed by atoms with Crippen LogP contribution < -0.4 is 0 Å². The van der Waals surface area contributed by atoms with E-state index in [-0.39, 0.29) is 5.97 Å². The Morgan fingerprint density at radius 3 is 2.66 bits per heavy atom. The molecule has 0 bridgehead atoms. The minimum Gasteiger partial charge on any atom is -0.469 e. The van der Waals surface area contributed by atoms with Crippen LogP contribution in [0.5, 0.6) is 0 Å². The number of nitrogens with zero attached hydrogens (tertiary/aromatic N) is 3. The number of methoxy groups -OCH3 is 1. The molecular formula is C33H45BrN4O2S. The maximum absolute atomic E-state index is 11.8. The molecule has 2 aromatic rings. The smallest absolute Gasteiger partial charge is 0.305 e. The van der Waals surface area contributed by atoms with Crippen molar-refractivity contribution in [3.05, 3.63) is 33.5 Å². The molecule has 1 aromatic heterocycles. The second-order valence-electron chi connectivity index (χ2n) is 14.0. The second-order valence-corrected chi connectivity index (χ2v) is 15.3. The lowest BCUT2D eigenvalue weighted by molar-refractivity contribution is -0.141. The molecule has 222 valence electrons. The van der Waals surface area contributed by atoms with E-state index in [2.05, 4.69) is 59.0 Å². The zero-order chi connectivity index (χ0) is 28.9. The van der Waals surface area contributed by atoms with E-state index in [1.807, 2.05) is 16.8 Å². The van der Waals surface area contributed by atoms with E-state index in [1.54, 1.807) is 0 Å². The van der Waals surface area contributed by atoms with Crippen LogP contribution >= 0.6 is 28.1 Å². The Kier molecular flexibility index (Phi) is 8.12. The summed E-state index contributed by atoms with van der Waals surface area (Å²) >= 11 is 9.13. The summed E-state index contributed by atoms with van der Waals surface area (Å²) in [5.41, 5.74) is 3.08. The van der Waals surface area contributed by atoms with Crippen molar-refractivity contribution >= 4 is 39.8 Å². The molecule has 1 heterocycles. The van der Waals surface area contributed by atoms with Crippen LogP contribution in [0.3, 0.4) is 0 Å². The minimum atomic E-state index is -0.0636. The molecule has 0 spiro atoms. The first-order valence-corrected chi connectivity index (χ1v) is 16.9. The lowest BCUT2D eigenvalue weighted by Gasteiger charge is -2.61. The van der Waals surface area contributed by atoms with Crippen molar-refractivity contribution in [2.24, 2.45) is 51.4 Å². The molecule has 41 heavy (non-hydrogen) atoms. The third kappa shape index (κ3) is 5.19. The standard InChI is InChI=1S/C33H45BrN4O2S/c1-20(5-14-29(39)40-4)26-12-13-27-25-11-8-22-19-24(15-17-32(22,2)28(25)16-18-33(26,27)3)37-38-30(35-36-31(38)41)21-6-9-23(34)10-7-21/h6-7,9-10,20,22,25-28H,5,8,11-19H2,1-4H3,(H,36,41)/b37-24-/t20-,22-,25+,26-,27+,28+,32+,33-/m1/s1. The highest BCUT2D eigenvalue weighted by Gasteiger charge is 2.60. The number of halogens is 1. The summed E-state index contributed by atoms with van der Waals surface area (Å²) in [7, 11) is 1.51. The number of ether oxygens (including phenoxy) is 1. The number of hydrogen-bond acceptors (Lipinski definition) is 5. The summed E-state index contributed by atoms with van der Waals surface area (Å²) in [6.45, 7) is 7.62. The van der Waals surface area contributed by atoms with Gasteiger partial charge in [-0.15, -0.1) is 0 Å². The van der Waals surface area contributed by atoms with Gasteiger partial charge >= 0.3 is 5.97 Å². The molecule has 8 heteroatoms. The van der Waals surface area contributed by atoms with E-state index in [1.165, 1.54) is 57.8 Å². The number of carbonyl (C=O) groups excluding carboxylic acids is 1. The Bertz CT molecular complexity index is 1370. The number of rotatable bonds is 6. The largest absolute Gasteiger partial charge is 0.469 e. The van der Waals surface area contributed by atoms with Crippen LogP contribution in [0.1, 0.15) is 91.4 Å². The van der Waals surface area contributed by atoms with Gasteiger partial charge in [0.15, 0.2) is 5.82 Å². The Morgan fingerprint density at radius 1 is 1.15 bits per heavy atom. The Balaban J connectivity index is 1.17. The molecule has 4 fully saturated rings. The molecule has 0 radical (unpaired) electrons. The van der Waals surface area contributed by atoms with Crippen LogP contribution in [-0.2, 0) is 9.53 Å². The van der Waals surface area contributed by atoms with Gasteiger partial charge in [0.25, 0.3) is 0 Å². The van der Waals surface area contributed by atoms with Crippen LogP contribution in [-0.4, -0.2) is 33.7 Å². The number of carbonyl (C=O) groups is 1. The quantitative estimate of drug-likeness (QED) is 0.253. The number of fused-ring (bicyclic) bond motifs is 5. The van der Waals surface area contributed by atoms with Crippen molar-refractivity contribution in [2.75, 3.05) is 7.11 Å². The van der Waals surface area contributed by atoms with E-state index in [4.69, 9.17) is 22.1 Å². The fourth-order valence-electron chi connectivity index (χ4n) is 10.1. The van der Waals surface area contributed by atoms with Gasteiger partial charge in [-0.05, 0) is 135 Å². The molecule has 0 aliphatic heterocycles. The van der Waals surface area contributed by atoms with Crippen molar-refractivity contribution in [3.63, 3.8) is 0 Å². The monoisotopic (exact) mass is 640 g/mol. The van der Waals surface area contributed by atoms with Gasteiger partial charge in [-0.25, -0.2) is 5.10 Å². The van der Waals surface area contributed by atoms with Crippen LogP contribution in [0.4, 0.5) is 0 Å². The predicted molar refractivity (Wildman–Crippen MR) is 169 cm³/mol. The van der Waals surface area contributed by atoms with Crippen LogP contribution in [0.25, 0.3) is 11.4 Å². The van der Waals surface area contributed by atoms with Gasteiger partial charge in [0.05, 0.1) is 7.11 Å². The zero-order valence-corrected chi connectivity index (χ0v) is 27.4. The zero-order valence-electron chi connectivity index (χ0n) is 25.0. The van der Waals surface area contributed by atoms with Gasteiger partial charge in [-0.3, -0.25) is 4.79 Å². The first-order valence-electron chi connectivity index (χ1n) is 15.7. The fraction of sp³-hybridized carbons (Fsp3) is 0.697. The molecule has 6 nitrogen and oxygen atoms in total. The maximum Gasteiger partial charge on any atom is 0.305 e. The molecule has 1 N–H and O–H groups in total. The van der Waals surface area contributed by atoms with Gasteiger partial charge in [0.1, 0.15) is 0 Å². The van der Waals surface area contributed by atoms with Crippen LogP contribution in [0, 0.1) is 51.1 Å². The first kappa shape index (κ1) is 29.3. The van der Waals surface area contributed by atoms with Gasteiger partial charge in [-0.2, -0.15) is 14.9 Å². The summed E-state index contributed by atoms with van der Waals surface area (Å²) < 4.78 is 8.37. The number of H-pyrrole nitrogens is 1. The average Bonchev–Trinajstić information content (AvgIpc) is 3.51. The molecule has 1 aromatic carbocycles. The predicted octanol–water partition coefficient (Wildman–Crippen LogP) is 8.82. The van der Waals surface area contributed by atoms with Gasteiger partial charge in [0, 0.05) is 22.2 Å². The Morgan fingerprint density at radius 2 is 1.90 bits per heavy atom. The van der Waals surface area contributed by atoms with E-state index >= 15 is 0 Å². The lowest BCUT2D eigenvalue weighted by atomic mass is 9.44. The molecule has 0 saturated heterocycles. The van der Waals surface area contributed by atoms with Crippen molar-refractivity contribution in [2.45, 2.75) is 91.4 Å². The molecule has 4 aliphatic carbocycles. The molecule has 4 aliphatic rings. The SMILES string of the molecule is COC(=O)CC[C@@H](C)[C@H]1CC[C@H]2[C@@H]3CC[C@@H]4C/C(=N\n5c(-c6ccc(Br)cc6)n[nH]c5=S)CC[C@]4(C)[C@H]3CC[C@]12C. The highest BCUT2D eigenvalue weighted by molar-refractivity contribution is 9.10. The highest BCUT2D eigenvalue weighted by atomic mass is 79.9. The van der Waals surface area contributed by atoms with Gasteiger partial charge in [-0.1, -0.05) is 48.8 Å². The summed E-state index contributed by atoms with van der Waals surface area (Å²) in [6, 6.07) is 8.16. The average molecular weight is 642 g/mol. The molecule has 6 rings (SSSR count). The number of aromatic nitrogens is 3. The summed E-state index contributed by atoms with van der Waals surface area (Å²) in [4.78, 5) is 11.8. The number of benzene rings is 1. The third-order valence-electron chi connectivity index (χ3n) is 12.3. The van der Waals surface area contributed by atoms with Crippen molar-refractivity contribution in [3.8, 4) is 11.4 Å². The number of nitrogens with one attached hydrogen (secondary N) is 1. The molecular weight excluding hydrogens is 596 g/mol. The minimum absolute atomic E-state index is 0.0636. The summed E-state index contributed by atoms with van der Waals surface area (Å²) in [6.07, 6.45) is 12.9. The second kappa shape index (κ2) is 11.4. The van der Waals surface area contributed by atoms with Gasteiger partial charge < -0.3 is 4.74 Å². The Hall–Kier alpha value is -1.80. The molecule has 0 amide bonds. The van der Waals surface area contributed by atoms with E-state index in [9.17, 15) is 4.79 Å². The summed E-state index contributed by atoms with van der Waals surface area (Å²) in [5.74, 6) is 5.21. The van der Waals surface area contributed by atoms with Crippen LogP contribution in [0.15, 0.2) is 33.8 Å². The van der Waals surface area contributed by atoms with E-state index in [0.717, 1.165) is 58.8 Å². The lowest BCUT2D eigenvalue weighted by Crippen LogP contribution is -2.53. The highest BCUT2D eigenvalue weighted by Crippen LogP contribution is 2.68. The Labute approximate surface area is 258 Å². The molecule has 4 saturated carbocycles. The maximum atomic E-state index is 11.8. The third-order valence-corrected chi connectivity index (χ3v) is 13.1. The van der Waals surface area contributed by atoms with E-state index in [0.29, 0.717) is 33.9 Å². The molecule has 0 unspecified atom stereocenters. The normalized spacial score (nSPS) is 36.3. The summed E-state index contributed by atoms with van der Waals surface area (Å²) in [5, 5.41) is 12.6. The van der Waals surface area contributed by atoms with Gasteiger partial charge in [0.2, 0.25) is 4.77 Å². The van der Waals surface area contributed by atoms with Crippen molar-refractivity contribution in [1.29, 1.82) is 0 Å². The van der Waals surface area contributed by atoms with Crippen molar-refractivity contribution < 1.29 is 9.53 Å². The fourth-order valence-corrected chi connectivity index (χ4v) is 10.5. The first-order chi connectivity index (χ1) is 19.6. The van der Waals surface area contributed by atoms with Crippen LogP contribution in [0.2, 0.25) is 0 Å². The number of hydrogen-bond donors (Lipinski definition) is 1. The molecule has 8 atom stereocenters. The topological polar surface area (TPSA) is 72.3 Å². The van der Waals surface area contributed by atoms with E-state index < -0.39 is 0 Å². The number of esters is 1. The number of aromatic amines is 1.